The van der Waals surface area contributed by atoms with Crippen molar-refractivity contribution in [3.05, 3.63) is 35.9 Å². The number of nitrogens with zero attached hydrogens (tertiary/aromatic N) is 2. The number of carbonyl (C=O) groups is 1. The summed E-state index contributed by atoms with van der Waals surface area (Å²) >= 11 is 0. The molecule has 3 fully saturated rings. The van der Waals surface area contributed by atoms with Crippen molar-refractivity contribution in [2.45, 2.75) is 44.2 Å². The fraction of sp³-hybridized carbons (Fsp3) is 0.650. The summed E-state index contributed by atoms with van der Waals surface area (Å²) in [7, 11) is 0. The molecule has 3 aliphatic rings. The molecule has 3 heterocycles. The van der Waals surface area contributed by atoms with E-state index in [1.807, 2.05) is 0 Å². The van der Waals surface area contributed by atoms with Crippen LogP contribution in [0.4, 0.5) is 0 Å². The highest BCUT2D eigenvalue weighted by Gasteiger charge is 2.43. The fourth-order valence-corrected chi connectivity index (χ4v) is 4.38. The Hall–Kier alpha value is -1.43. The van der Waals surface area contributed by atoms with Gasteiger partial charge in [0.2, 0.25) is 0 Å². The lowest BCUT2D eigenvalue weighted by molar-refractivity contribution is -0.204. The maximum Gasteiger partial charge on any atom is 0.250 e. The molecular weight excluding hydrogens is 316 g/mol. The van der Waals surface area contributed by atoms with Crippen molar-refractivity contribution in [3.63, 3.8) is 0 Å². The van der Waals surface area contributed by atoms with Crippen molar-refractivity contribution >= 4 is 5.91 Å². The molecule has 0 aromatic heterocycles. The first-order valence-corrected chi connectivity index (χ1v) is 9.65. The predicted molar refractivity (Wildman–Crippen MR) is 94.9 cm³/mol. The highest BCUT2D eigenvalue weighted by molar-refractivity contribution is 5.78. The van der Waals surface area contributed by atoms with Crippen LogP contribution in [0.15, 0.2) is 30.3 Å². The van der Waals surface area contributed by atoms with E-state index in [1.54, 1.807) is 5.06 Å². The zero-order chi connectivity index (χ0) is 17.1. The third-order valence-electron chi connectivity index (χ3n) is 5.74. The number of hydroxylamine groups is 2. The van der Waals surface area contributed by atoms with Crippen LogP contribution in [0.25, 0.3) is 0 Å². The number of hydrogen-bond acceptors (Lipinski definition) is 4. The molecule has 5 nitrogen and oxygen atoms in total. The number of hydrogen-bond donors (Lipinski definition) is 0. The van der Waals surface area contributed by atoms with Crippen LogP contribution in [0.2, 0.25) is 0 Å². The number of piperidine rings is 1. The quantitative estimate of drug-likeness (QED) is 0.840. The minimum atomic E-state index is -0.00627. The second kappa shape index (κ2) is 7.85. The lowest BCUT2D eigenvalue weighted by atomic mass is 9.89. The largest absolute Gasteiger partial charge is 0.377 e. The van der Waals surface area contributed by atoms with Gasteiger partial charge in [0, 0.05) is 32.3 Å². The first-order chi connectivity index (χ1) is 12.3. The zero-order valence-electron chi connectivity index (χ0n) is 14.8. The van der Waals surface area contributed by atoms with Gasteiger partial charge >= 0.3 is 0 Å². The SMILES string of the molecule is O=C([C@@H]1C[C@@H]2OCC[C@@H]2N(CCc2ccccc2)C1)N1CCCCO1. The average Bonchev–Trinajstić information content (AvgIpc) is 3.16. The van der Waals surface area contributed by atoms with Gasteiger partial charge in [0.1, 0.15) is 0 Å². The van der Waals surface area contributed by atoms with Gasteiger partial charge in [-0.3, -0.25) is 14.5 Å². The summed E-state index contributed by atoms with van der Waals surface area (Å²) in [6.07, 6.45) is 5.23. The Kier molecular flexibility index (Phi) is 5.34. The summed E-state index contributed by atoms with van der Waals surface area (Å²) < 4.78 is 5.95. The molecule has 0 saturated carbocycles. The van der Waals surface area contributed by atoms with Crippen LogP contribution in [0.5, 0.6) is 0 Å². The number of fused-ring (bicyclic) bond motifs is 1. The van der Waals surface area contributed by atoms with E-state index in [4.69, 9.17) is 9.57 Å². The van der Waals surface area contributed by atoms with Gasteiger partial charge in [-0.2, -0.15) is 0 Å². The van der Waals surface area contributed by atoms with Gasteiger partial charge in [-0.25, -0.2) is 5.06 Å². The first kappa shape index (κ1) is 17.0. The second-order valence-corrected chi connectivity index (χ2v) is 7.41. The van der Waals surface area contributed by atoms with E-state index in [0.717, 1.165) is 58.3 Å². The molecule has 0 radical (unpaired) electrons. The van der Waals surface area contributed by atoms with Gasteiger partial charge in [-0.15, -0.1) is 0 Å². The van der Waals surface area contributed by atoms with E-state index in [2.05, 4.69) is 35.2 Å². The van der Waals surface area contributed by atoms with Crippen molar-refractivity contribution in [1.29, 1.82) is 0 Å². The minimum absolute atomic E-state index is 0.00627. The summed E-state index contributed by atoms with van der Waals surface area (Å²) in [5.41, 5.74) is 1.35. The smallest absolute Gasteiger partial charge is 0.250 e. The number of carbonyl (C=O) groups excluding carboxylic acids is 1. The average molecular weight is 344 g/mol. The highest BCUT2D eigenvalue weighted by atomic mass is 16.7. The van der Waals surface area contributed by atoms with Crippen molar-refractivity contribution < 1.29 is 14.4 Å². The van der Waals surface area contributed by atoms with Gasteiger partial charge in [0.15, 0.2) is 0 Å². The number of benzene rings is 1. The Morgan fingerprint density at radius 2 is 2.04 bits per heavy atom. The van der Waals surface area contributed by atoms with Crippen molar-refractivity contribution in [3.8, 4) is 0 Å². The molecule has 136 valence electrons. The zero-order valence-corrected chi connectivity index (χ0v) is 14.8. The molecule has 1 aromatic carbocycles. The summed E-state index contributed by atoms with van der Waals surface area (Å²) in [6.45, 7) is 4.03. The number of ether oxygens (including phenoxy) is 1. The van der Waals surface area contributed by atoms with Crippen LogP contribution >= 0.6 is 0 Å². The predicted octanol–water partition coefficient (Wildman–Crippen LogP) is 2.26. The minimum Gasteiger partial charge on any atom is -0.377 e. The maximum absolute atomic E-state index is 12.9. The molecule has 1 amide bonds. The van der Waals surface area contributed by atoms with Gasteiger partial charge < -0.3 is 4.74 Å². The van der Waals surface area contributed by atoms with Crippen molar-refractivity contribution in [1.82, 2.24) is 9.96 Å². The van der Waals surface area contributed by atoms with Gasteiger partial charge in [0.25, 0.3) is 5.91 Å². The van der Waals surface area contributed by atoms with E-state index in [1.165, 1.54) is 5.56 Å². The van der Waals surface area contributed by atoms with E-state index >= 15 is 0 Å². The third kappa shape index (κ3) is 3.89. The van der Waals surface area contributed by atoms with Gasteiger partial charge in [0.05, 0.1) is 18.6 Å². The van der Waals surface area contributed by atoms with E-state index in [9.17, 15) is 4.79 Å². The highest BCUT2D eigenvalue weighted by Crippen LogP contribution is 2.32. The molecule has 0 unspecified atom stereocenters. The summed E-state index contributed by atoms with van der Waals surface area (Å²) in [4.78, 5) is 21.0. The van der Waals surface area contributed by atoms with Gasteiger partial charge in [-0.1, -0.05) is 30.3 Å². The number of amides is 1. The second-order valence-electron chi connectivity index (χ2n) is 7.41. The number of rotatable bonds is 4. The van der Waals surface area contributed by atoms with E-state index < -0.39 is 0 Å². The molecule has 3 atom stereocenters. The van der Waals surface area contributed by atoms with Crippen LogP contribution in [0.1, 0.15) is 31.2 Å². The lowest BCUT2D eigenvalue weighted by Crippen LogP contribution is -2.54. The van der Waals surface area contributed by atoms with Gasteiger partial charge in [-0.05, 0) is 37.7 Å². The topological polar surface area (TPSA) is 42.0 Å². The van der Waals surface area contributed by atoms with E-state index in [0.29, 0.717) is 12.6 Å². The van der Waals surface area contributed by atoms with Crippen LogP contribution in [0.3, 0.4) is 0 Å². The molecule has 0 bridgehead atoms. The van der Waals surface area contributed by atoms with Crippen LogP contribution in [-0.2, 0) is 20.8 Å². The summed E-state index contributed by atoms with van der Waals surface area (Å²) in [5, 5.41) is 1.61. The Balaban J connectivity index is 1.41. The number of likely N-dealkylation sites (tertiary alicyclic amines) is 1. The first-order valence-electron chi connectivity index (χ1n) is 9.65. The molecule has 5 heteroatoms. The Morgan fingerprint density at radius 3 is 2.84 bits per heavy atom. The molecule has 0 aliphatic carbocycles. The maximum atomic E-state index is 12.9. The Morgan fingerprint density at radius 1 is 1.16 bits per heavy atom. The fourth-order valence-electron chi connectivity index (χ4n) is 4.38. The molecule has 25 heavy (non-hydrogen) atoms. The molecule has 3 aliphatic heterocycles. The normalized spacial score (nSPS) is 30.2. The monoisotopic (exact) mass is 344 g/mol. The van der Waals surface area contributed by atoms with Crippen molar-refractivity contribution in [2.75, 3.05) is 32.8 Å². The molecule has 1 aromatic rings. The van der Waals surface area contributed by atoms with E-state index in [-0.39, 0.29) is 17.9 Å². The van der Waals surface area contributed by atoms with Crippen LogP contribution in [0, 0.1) is 5.92 Å². The summed E-state index contributed by atoms with van der Waals surface area (Å²) in [5.74, 6) is 0.145. The lowest BCUT2D eigenvalue weighted by Gasteiger charge is -2.41. The molecule has 0 N–H and O–H groups in total. The standard InChI is InChI=1S/C20H28N2O3/c23-20(22-10-4-5-12-25-22)17-14-19-18(9-13-24-19)21(15-17)11-8-16-6-2-1-3-7-16/h1-3,6-7,17-19H,4-5,8-15H2/t17-,18+,19+/m1/s1. The summed E-state index contributed by atoms with van der Waals surface area (Å²) in [6, 6.07) is 11.1. The molecular formula is C20H28N2O3. The van der Waals surface area contributed by atoms with Crippen LogP contribution < -0.4 is 0 Å². The molecule has 3 saturated heterocycles. The third-order valence-corrected chi connectivity index (χ3v) is 5.74. The Bertz CT molecular complexity index is 574. The van der Waals surface area contributed by atoms with Crippen LogP contribution in [-0.4, -0.2) is 60.9 Å². The molecule has 0 spiro atoms. The molecule has 4 rings (SSSR count). The Labute approximate surface area is 149 Å². The van der Waals surface area contributed by atoms with Crippen molar-refractivity contribution in [2.24, 2.45) is 5.92 Å².